The van der Waals surface area contributed by atoms with Crippen LogP contribution >= 0.6 is 0 Å². The molecule has 0 atom stereocenters. The Kier molecular flexibility index (Phi) is 5.72. The van der Waals surface area contributed by atoms with Crippen LogP contribution in [0.1, 0.15) is 0 Å². The number of rotatable bonds is 6. The number of fused-ring (bicyclic) bond motifs is 6. The molecule has 199 valence electrons. The maximum Gasteiger partial charge on any atom is 0.569 e. The average molecular weight is 543 g/mol. The second-order valence-electron chi connectivity index (χ2n) is 10.2. The Labute approximate surface area is 242 Å². The van der Waals surface area contributed by atoms with Crippen molar-refractivity contribution in [2.75, 3.05) is 4.90 Å². The van der Waals surface area contributed by atoms with Gasteiger partial charge in [0.2, 0.25) is 0 Å². The largest absolute Gasteiger partial charge is 0.569 e. The molecule has 5 nitrogen and oxygen atoms in total. The van der Waals surface area contributed by atoms with Gasteiger partial charge in [0.1, 0.15) is 16.9 Å². The summed E-state index contributed by atoms with van der Waals surface area (Å²) in [4.78, 5) is 2.24. The van der Waals surface area contributed by atoms with E-state index < -0.39 is 0 Å². The molecule has 1 radical (unpaired) electrons. The van der Waals surface area contributed by atoms with Crippen LogP contribution in [-0.4, -0.2) is 17.3 Å². The second kappa shape index (κ2) is 9.87. The third-order valence-corrected chi connectivity index (χ3v) is 7.83. The first-order valence-corrected chi connectivity index (χ1v) is 13.8. The average Bonchev–Trinajstić information content (AvgIpc) is 3.58. The highest BCUT2D eigenvalue weighted by molar-refractivity contribution is 6.17. The topological polar surface area (TPSA) is 50.8 Å². The summed E-state index contributed by atoms with van der Waals surface area (Å²) in [7, 11) is 0.696. The van der Waals surface area contributed by atoms with Crippen LogP contribution < -0.4 is 9.55 Å². The predicted molar refractivity (Wildman–Crippen MR) is 171 cm³/mol. The first-order valence-electron chi connectivity index (χ1n) is 13.8. The maximum atomic E-state index is 9.12. The highest BCUT2D eigenvalue weighted by Crippen LogP contribution is 2.41. The minimum atomic E-state index is 0.555. The Hall–Kier alpha value is -5.46. The highest BCUT2D eigenvalue weighted by atomic mass is 16.5. The summed E-state index contributed by atoms with van der Waals surface area (Å²) in [6.07, 6.45) is 0. The van der Waals surface area contributed by atoms with E-state index in [9.17, 15) is 0 Å². The maximum absolute atomic E-state index is 9.12. The quantitative estimate of drug-likeness (QED) is 0.213. The van der Waals surface area contributed by atoms with Gasteiger partial charge in [-0.25, -0.2) is 0 Å². The third kappa shape index (κ3) is 3.92. The van der Waals surface area contributed by atoms with Crippen LogP contribution in [0, 0.1) is 0 Å². The molecule has 6 aromatic carbocycles. The number of nitrogens with zero attached hydrogens (tertiary/aromatic N) is 2. The van der Waals surface area contributed by atoms with E-state index >= 15 is 0 Å². The molecule has 2 heterocycles. The SMILES string of the molecule is O[B]Oc1ccc(N(c2ccc3oc4ccccc4c3c2)c2ccc3c(c2)c2ccccc2n3-c2ccccc2)cc1. The van der Waals surface area contributed by atoms with Gasteiger partial charge < -0.3 is 23.6 Å². The fraction of sp³-hybridized carbons (Fsp3) is 0. The lowest BCUT2D eigenvalue weighted by atomic mass is 10.1. The summed E-state index contributed by atoms with van der Waals surface area (Å²) < 4.78 is 13.6. The van der Waals surface area contributed by atoms with Gasteiger partial charge in [0.15, 0.2) is 0 Å². The number of hydrogen-bond acceptors (Lipinski definition) is 4. The van der Waals surface area contributed by atoms with E-state index in [2.05, 4.69) is 94.4 Å². The standard InChI is InChI=1S/C36H24BN2O3/c40-37-42-28-18-14-25(15-19-28)38(27-17-21-36-32(23-27)30-11-5-7-13-35(30)41-36)26-16-20-34-31(22-26)29-10-4-6-12-33(29)39(34)24-8-2-1-3-9-24/h1-23,40H. The second-order valence-corrected chi connectivity index (χ2v) is 10.2. The van der Waals surface area contributed by atoms with Crippen molar-refractivity contribution in [3.63, 3.8) is 0 Å². The van der Waals surface area contributed by atoms with Gasteiger partial charge in [0.05, 0.1) is 11.0 Å². The molecule has 8 aromatic rings. The Morgan fingerprint density at radius 3 is 1.98 bits per heavy atom. The number of para-hydroxylation sites is 3. The normalized spacial score (nSPS) is 11.5. The molecule has 8 rings (SSSR count). The lowest BCUT2D eigenvalue weighted by Crippen LogP contribution is -2.10. The van der Waals surface area contributed by atoms with Crippen molar-refractivity contribution in [1.82, 2.24) is 4.57 Å². The molecule has 42 heavy (non-hydrogen) atoms. The van der Waals surface area contributed by atoms with Gasteiger partial charge in [-0.1, -0.05) is 54.6 Å². The van der Waals surface area contributed by atoms with E-state index in [0.717, 1.165) is 55.7 Å². The molecule has 0 spiro atoms. The van der Waals surface area contributed by atoms with Crippen LogP contribution in [0.5, 0.6) is 5.75 Å². The zero-order valence-electron chi connectivity index (χ0n) is 22.5. The van der Waals surface area contributed by atoms with Crippen molar-refractivity contribution in [3.05, 3.63) is 140 Å². The van der Waals surface area contributed by atoms with E-state index in [1.54, 1.807) is 0 Å². The summed E-state index contributed by atoms with van der Waals surface area (Å²) in [5, 5.41) is 13.6. The number of aromatic nitrogens is 1. The van der Waals surface area contributed by atoms with Gasteiger partial charge in [-0.3, -0.25) is 0 Å². The van der Waals surface area contributed by atoms with Crippen LogP contribution in [0.3, 0.4) is 0 Å². The monoisotopic (exact) mass is 543 g/mol. The van der Waals surface area contributed by atoms with Crippen molar-refractivity contribution in [2.45, 2.75) is 0 Å². The number of hydrogen-bond donors (Lipinski definition) is 1. The van der Waals surface area contributed by atoms with Crippen molar-refractivity contribution in [2.24, 2.45) is 0 Å². The van der Waals surface area contributed by atoms with E-state index in [1.165, 1.54) is 10.8 Å². The molecule has 0 bridgehead atoms. The summed E-state index contributed by atoms with van der Waals surface area (Å²) in [5.74, 6) is 0.555. The third-order valence-electron chi connectivity index (χ3n) is 7.83. The molecule has 2 aromatic heterocycles. The van der Waals surface area contributed by atoms with Crippen LogP contribution in [-0.2, 0) is 0 Å². The molecular weight excluding hydrogens is 519 g/mol. The number of benzene rings is 6. The van der Waals surface area contributed by atoms with Gasteiger partial charge >= 0.3 is 7.69 Å². The molecule has 0 aliphatic carbocycles. The Balaban J connectivity index is 1.36. The minimum absolute atomic E-state index is 0.555. The fourth-order valence-corrected chi connectivity index (χ4v) is 5.99. The molecule has 0 unspecified atom stereocenters. The lowest BCUT2D eigenvalue weighted by molar-refractivity contribution is 0.454. The molecule has 0 saturated carbocycles. The Morgan fingerprint density at radius 1 is 0.548 bits per heavy atom. The van der Waals surface area contributed by atoms with Gasteiger partial charge in [-0.2, -0.15) is 0 Å². The van der Waals surface area contributed by atoms with Crippen LogP contribution in [0.4, 0.5) is 17.1 Å². The first-order chi connectivity index (χ1) is 20.8. The van der Waals surface area contributed by atoms with Crippen LogP contribution in [0.2, 0.25) is 0 Å². The molecule has 0 aliphatic heterocycles. The molecular formula is C36H24BN2O3. The molecule has 0 amide bonds. The molecule has 6 heteroatoms. The zero-order chi connectivity index (χ0) is 28.0. The Bertz CT molecular complexity index is 2220. The van der Waals surface area contributed by atoms with Crippen molar-refractivity contribution in [1.29, 1.82) is 0 Å². The zero-order valence-corrected chi connectivity index (χ0v) is 22.5. The fourth-order valence-electron chi connectivity index (χ4n) is 5.99. The summed E-state index contributed by atoms with van der Waals surface area (Å²) in [6, 6.07) is 47.8. The van der Waals surface area contributed by atoms with Gasteiger partial charge in [-0.05, 0) is 84.9 Å². The minimum Gasteiger partial charge on any atom is -0.537 e. The lowest BCUT2D eigenvalue weighted by Gasteiger charge is -2.26. The highest BCUT2D eigenvalue weighted by Gasteiger charge is 2.18. The number of anilines is 3. The van der Waals surface area contributed by atoms with Crippen LogP contribution in [0.15, 0.2) is 144 Å². The molecule has 1 N–H and O–H groups in total. The predicted octanol–water partition coefficient (Wildman–Crippen LogP) is 9.06. The molecule has 0 aliphatic rings. The smallest absolute Gasteiger partial charge is 0.537 e. The molecule has 0 saturated heterocycles. The van der Waals surface area contributed by atoms with Gasteiger partial charge in [-0.15, -0.1) is 0 Å². The van der Waals surface area contributed by atoms with E-state index in [0.29, 0.717) is 13.4 Å². The van der Waals surface area contributed by atoms with E-state index in [4.69, 9.17) is 14.1 Å². The van der Waals surface area contributed by atoms with Crippen molar-refractivity contribution >= 4 is 68.5 Å². The van der Waals surface area contributed by atoms with Crippen molar-refractivity contribution < 1.29 is 14.1 Å². The molecule has 0 fully saturated rings. The summed E-state index contributed by atoms with van der Waals surface area (Å²) in [5.41, 5.74) is 8.13. The Morgan fingerprint density at radius 2 is 1.17 bits per heavy atom. The van der Waals surface area contributed by atoms with Crippen LogP contribution in [0.25, 0.3) is 49.4 Å². The first kappa shape index (κ1) is 24.4. The van der Waals surface area contributed by atoms with E-state index in [1.807, 2.05) is 54.6 Å². The summed E-state index contributed by atoms with van der Waals surface area (Å²) in [6.45, 7) is 0. The summed E-state index contributed by atoms with van der Waals surface area (Å²) >= 11 is 0. The van der Waals surface area contributed by atoms with Crippen molar-refractivity contribution in [3.8, 4) is 11.4 Å². The van der Waals surface area contributed by atoms with Gasteiger partial charge in [0.25, 0.3) is 0 Å². The van der Waals surface area contributed by atoms with Gasteiger partial charge in [0, 0.05) is 44.3 Å². The van der Waals surface area contributed by atoms with E-state index in [-0.39, 0.29) is 0 Å². The number of furan rings is 1.